The van der Waals surface area contributed by atoms with E-state index < -0.39 is 11.7 Å². The Labute approximate surface area is 232 Å². The normalized spacial score (nSPS) is 21.5. The Morgan fingerprint density at radius 3 is 2.12 bits per heavy atom. The van der Waals surface area contributed by atoms with Crippen molar-refractivity contribution in [3.8, 4) is 0 Å². The highest BCUT2D eigenvalue weighted by molar-refractivity contribution is 6.34. The van der Waals surface area contributed by atoms with Crippen molar-refractivity contribution in [1.82, 2.24) is 24.9 Å². The van der Waals surface area contributed by atoms with Gasteiger partial charge in [0.15, 0.2) is 0 Å². The second-order valence-corrected chi connectivity index (χ2v) is 9.86. The molecule has 2 N–H and O–H groups in total. The Morgan fingerprint density at radius 1 is 0.780 bits per heavy atom. The van der Waals surface area contributed by atoms with Gasteiger partial charge in [-0.1, -0.05) is 0 Å². The Balaban J connectivity index is 1.54. The lowest BCUT2D eigenvalue weighted by Gasteiger charge is -2.16. The maximum Gasteiger partial charge on any atom is 0.420 e. The molecule has 0 saturated carbocycles. The van der Waals surface area contributed by atoms with Crippen molar-refractivity contribution in [2.75, 3.05) is 7.05 Å². The number of nitrogens with zero attached hydrogens (tertiary/aromatic N) is 7. The van der Waals surface area contributed by atoms with Gasteiger partial charge in [0.1, 0.15) is 23.6 Å². The van der Waals surface area contributed by atoms with Gasteiger partial charge in [0.25, 0.3) is 0 Å². The van der Waals surface area contributed by atoms with Gasteiger partial charge in [0, 0.05) is 32.1 Å². The predicted molar refractivity (Wildman–Crippen MR) is 152 cm³/mol. The number of hydrogen-bond acceptors (Lipinski definition) is 7. The molecule has 9 nitrogen and oxygen atoms in total. The lowest BCUT2D eigenvalue weighted by molar-refractivity contribution is -0.0695. The average molecular weight is 554 g/mol. The molecule has 0 spiro atoms. The molecule has 0 unspecified atom stereocenters. The van der Waals surface area contributed by atoms with Gasteiger partial charge >= 0.3 is 6.18 Å². The topological polar surface area (TPSA) is 98.3 Å². The number of aromatic amines is 1. The van der Waals surface area contributed by atoms with Crippen LogP contribution in [0.1, 0.15) is 24.1 Å². The number of hydrogen-bond donors (Lipinski definition) is 2. The largest absolute Gasteiger partial charge is 0.420 e. The minimum atomic E-state index is -4.70. The standard InChI is InChI=1S/C29H22F3N9/c1-15-16-4-6-18(35-16)24(27-33-12-13-40(27)2)19-8-10-22(37-19)26(29(30,31)32)23-11-9-21(38-23)25(20-7-5-17(15)36-20)28-39-34-14-41(28)3/h4-14,37,39H,1-3H3. The summed E-state index contributed by atoms with van der Waals surface area (Å²) in [5, 5.41) is 4.10. The van der Waals surface area contributed by atoms with E-state index >= 15 is 0 Å². The third-order valence-electron chi connectivity index (χ3n) is 7.26. The third kappa shape index (κ3) is 3.98. The van der Waals surface area contributed by atoms with E-state index in [0.717, 1.165) is 5.57 Å². The number of imidazole rings is 1. The minimum absolute atomic E-state index is 0.118. The summed E-state index contributed by atoms with van der Waals surface area (Å²) in [6, 6.07) is 3.03. The zero-order valence-electron chi connectivity index (χ0n) is 22.1. The Hall–Kier alpha value is -5.26. The summed E-state index contributed by atoms with van der Waals surface area (Å²) in [6.07, 6.45) is 10.6. The maximum atomic E-state index is 14.7. The quantitative estimate of drug-likeness (QED) is 0.531. The number of rotatable bonds is 1. The number of aliphatic imine (C=N–C) groups is 3. The van der Waals surface area contributed by atoms with Crippen molar-refractivity contribution >= 4 is 34.6 Å². The van der Waals surface area contributed by atoms with Crippen molar-refractivity contribution in [3.63, 3.8) is 0 Å². The first-order valence-corrected chi connectivity index (χ1v) is 12.7. The van der Waals surface area contributed by atoms with Crippen molar-refractivity contribution in [1.29, 1.82) is 0 Å². The Kier molecular flexibility index (Phi) is 5.36. The highest BCUT2D eigenvalue weighted by Gasteiger charge is 2.39. The monoisotopic (exact) mass is 553 g/mol. The van der Waals surface area contributed by atoms with E-state index in [1.165, 1.54) is 12.1 Å². The maximum absolute atomic E-state index is 14.7. The van der Waals surface area contributed by atoms with E-state index in [2.05, 4.69) is 25.5 Å². The van der Waals surface area contributed by atoms with E-state index in [1.54, 1.807) is 47.4 Å². The van der Waals surface area contributed by atoms with Gasteiger partial charge in [0.05, 0.1) is 56.8 Å². The van der Waals surface area contributed by atoms with Gasteiger partial charge in [-0.2, -0.15) is 18.3 Å². The van der Waals surface area contributed by atoms with Crippen molar-refractivity contribution in [3.05, 3.63) is 112 Å². The molecule has 8 bridgehead atoms. The van der Waals surface area contributed by atoms with Crippen molar-refractivity contribution in [2.45, 2.75) is 13.1 Å². The van der Waals surface area contributed by atoms with E-state index in [0.29, 0.717) is 57.0 Å². The number of fused-ring (bicyclic) bond motifs is 5. The summed E-state index contributed by atoms with van der Waals surface area (Å²) in [4.78, 5) is 23.4. The lowest BCUT2D eigenvalue weighted by Crippen LogP contribution is -2.24. The van der Waals surface area contributed by atoms with E-state index in [-0.39, 0.29) is 11.4 Å². The Bertz CT molecular complexity index is 1870. The predicted octanol–water partition coefficient (Wildman–Crippen LogP) is 4.79. The van der Waals surface area contributed by atoms with Crippen LogP contribution in [0.2, 0.25) is 0 Å². The first kappa shape index (κ1) is 24.8. The molecule has 5 aliphatic rings. The molecule has 0 atom stereocenters. The van der Waals surface area contributed by atoms with E-state index in [4.69, 9.17) is 9.98 Å². The van der Waals surface area contributed by atoms with Crippen LogP contribution in [-0.4, -0.2) is 56.1 Å². The van der Waals surface area contributed by atoms with Gasteiger partial charge < -0.3 is 14.5 Å². The molecular formula is C29H22F3N9. The smallest absolute Gasteiger partial charge is 0.354 e. The molecule has 2 aromatic heterocycles. The van der Waals surface area contributed by atoms with Crippen LogP contribution in [0, 0.1) is 0 Å². The van der Waals surface area contributed by atoms with Crippen LogP contribution in [-0.2, 0) is 7.05 Å². The molecule has 0 radical (unpaired) electrons. The highest BCUT2D eigenvalue weighted by Crippen LogP contribution is 2.40. The van der Waals surface area contributed by atoms with Gasteiger partial charge in [-0.15, -0.1) is 0 Å². The molecule has 2 aromatic rings. The van der Waals surface area contributed by atoms with Crippen LogP contribution in [0.15, 0.2) is 115 Å². The van der Waals surface area contributed by atoms with Crippen LogP contribution in [0.25, 0.3) is 11.1 Å². The van der Waals surface area contributed by atoms with Gasteiger partial charge in [-0.05, 0) is 55.5 Å². The molecule has 5 aliphatic heterocycles. The molecule has 204 valence electrons. The first-order chi connectivity index (χ1) is 19.7. The van der Waals surface area contributed by atoms with Crippen molar-refractivity contribution < 1.29 is 13.2 Å². The molecule has 12 heteroatoms. The molecule has 41 heavy (non-hydrogen) atoms. The Morgan fingerprint density at radius 2 is 1.44 bits per heavy atom. The molecule has 7 heterocycles. The fourth-order valence-corrected chi connectivity index (χ4v) is 5.21. The molecule has 0 amide bonds. The summed E-state index contributed by atoms with van der Waals surface area (Å²) in [6.45, 7) is 1.94. The van der Waals surface area contributed by atoms with Crippen LogP contribution in [0.3, 0.4) is 0 Å². The van der Waals surface area contributed by atoms with Crippen LogP contribution < -0.4 is 5.43 Å². The van der Waals surface area contributed by atoms with Crippen LogP contribution in [0.4, 0.5) is 13.2 Å². The third-order valence-corrected chi connectivity index (χ3v) is 7.26. The molecule has 0 fully saturated rings. The second-order valence-electron chi connectivity index (χ2n) is 9.86. The van der Waals surface area contributed by atoms with Crippen molar-refractivity contribution in [2.24, 2.45) is 27.1 Å². The van der Waals surface area contributed by atoms with Gasteiger partial charge in [-0.3, -0.25) is 5.43 Å². The number of alkyl halides is 3. The average Bonchev–Trinajstić information content (AvgIpc) is 3.76. The lowest BCUT2D eigenvalue weighted by atomic mass is 10.0. The fraction of sp³-hybridized carbons (Fsp3) is 0.138. The number of aromatic nitrogens is 3. The summed E-state index contributed by atoms with van der Waals surface area (Å²) >= 11 is 0. The number of nitrogens with one attached hydrogen (secondary N) is 2. The van der Waals surface area contributed by atoms with E-state index in [9.17, 15) is 13.2 Å². The zero-order valence-corrected chi connectivity index (χ0v) is 22.1. The molecule has 0 saturated heterocycles. The minimum Gasteiger partial charge on any atom is -0.354 e. The van der Waals surface area contributed by atoms with E-state index in [1.807, 2.05) is 38.3 Å². The van der Waals surface area contributed by atoms with Gasteiger partial charge in [0.2, 0.25) is 0 Å². The molecule has 7 rings (SSSR count). The number of halogens is 3. The summed E-state index contributed by atoms with van der Waals surface area (Å²) < 4.78 is 45.8. The van der Waals surface area contributed by atoms with Crippen LogP contribution >= 0.6 is 0 Å². The highest BCUT2D eigenvalue weighted by atomic mass is 19.4. The number of hydrazone groups is 1. The number of aryl methyl sites for hydroxylation is 1. The second kappa shape index (κ2) is 8.88. The molecule has 0 aromatic carbocycles. The summed E-state index contributed by atoms with van der Waals surface area (Å²) in [5.41, 5.74) is 6.93. The number of H-pyrrole nitrogens is 1. The fourth-order valence-electron chi connectivity index (χ4n) is 5.21. The first-order valence-electron chi connectivity index (χ1n) is 12.7. The summed E-state index contributed by atoms with van der Waals surface area (Å²) in [5.74, 6) is 1.11. The number of allylic oxidation sites excluding steroid dienone is 9. The summed E-state index contributed by atoms with van der Waals surface area (Å²) in [7, 11) is 3.61. The van der Waals surface area contributed by atoms with Gasteiger partial charge in [-0.25, -0.2) is 20.0 Å². The zero-order chi connectivity index (χ0) is 28.5. The molecule has 0 aliphatic carbocycles. The molecular weight excluding hydrogens is 531 g/mol. The van der Waals surface area contributed by atoms with Crippen LogP contribution in [0.5, 0.6) is 0 Å². The SMILES string of the molecule is CC1=C2C=CC(=N2)C(=C2NN=CN2C)C2=NC(=C(C(F)(F)F)c3ccc([nH]3)C(c3nccn3C)=C3C=CC1=N3)C=C2.